The van der Waals surface area contributed by atoms with Crippen molar-refractivity contribution >= 4 is 82.0 Å². The summed E-state index contributed by atoms with van der Waals surface area (Å²) in [5, 5.41) is 12.6. The standard InChI is InChI=1S/C58H38N2/c1-3-21-47-41(15-1)37-55(51-25-7-5-23-49(47)51)39-17-13-19-45(35-39)59(43-31-33-44(34-32-43)60-57-29-11-9-27-53(57)54-28-10-12-30-58(54)60)46-20-14-18-40(36-46)56-38-42-16-2-4-22-48(42)50-24-6-8-26-52(50)56/h1-38H. The average molecular weight is 763 g/mol. The van der Waals surface area contributed by atoms with Crippen LogP contribution in [0.25, 0.3) is 92.8 Å². The van der Waals surface area contributed by atoms with Gasteiger partial charge in [0.25, 0.3) is 0 Å². The number of fused-ring (bicyclic) bond motifs is 9. The Morgan fingerprint density at radius 3 is 1.15 bits per heavy atom. The van der Waals surface area contributed by atoms with Gasteiger partial charge in [-0.05, 0) is 138 Å². The number of anilines is 3. The van der Waals surface area contributed by atoms with Crippen LogP contribution in [-0.2, 0) is 0 Å². The molecule has 1 heterocycles. The number of nitrogens with zero attached hydrogens (tertiary/aromatic N) is 2. The number of aromatic nitrogens is 1. The Morgan fingerprint density at radius 2 is 0.667 bits per heavy atom. The molecule has 1 aromatic heterocycles. The number of hydrogen-bond acceptors (Lipinski definition) is 1. The normalized spacial score (nSPS) is 11.7. The van der Waals surface area contributed by atoms with Gasteiger partial charge >= 0.3 is 0 Å². The summed E-state index contributed by atoms with van der Waals surface area (Å²) in [4.78, 5) is 2.41. The minimum Gasteiger partial charge on any atom is -0.310 e. The van der Waals surface area contributed by atoms with Crippen LogP contribution in [0.5, 0.6) is 0 Å². The van der Waals surface area contributed by atoms with Crippen LogP contribution >= 0.6 is 0 Å². The van der Waals surface area contributed by atoms with Crippen molar-refractivity contribution in [3.05, 3.63) is 231 Å². The first-order chi connectivity index (χ1) is 29.8. The highest BCUT2D eigenvalue weighted by Gasteiger charge is 2.18. The Labute approximate surface area is 348 Å². The van der Waals surface area contributed by atoms with Crippen molar-refractivity contribution in [3.8, 4) is 27.9 Å². The lowest BCUT2D eigenvalue weighted by molar-refractivity contribution is 1.17. The molecule has 2 heteroatoms. The fourth-order valence-electron chi connectivity index (χ4n) is 9.61. The van der Waals surface area contributed by atoms with Gasteiger partial charge in [0.15, 0.2) is 0 Å². The highest BCUT2D eigenvalue weighted by molar-refractivity contribution is 6.15. The van der Waals surface area contributed by atoms with Crippen LogP contribution in [0.1, 0.15) is 0 Å². The second kappa shape index (κ2) is 13.9. The smallest absolute Gasteiger partial charge is 0.0541 e. The molecule has 0 N–H and O–H groups in total. The molecular formula is C58H38N2. The first-order valence-corrected chi connectivity index (χ1v) is 20.7. The van der Waals surface area contributed by atoms with E-state index in [1.165, 1.54) is 87.1 Å². The molecule has 0 unspecified atom stereocenters. The van der Waals surface area contributed by atoms with Crippen LogP contribution in [-0.4, -0.2) is 4.57 Å². The molecule has 0 fully saturated rings. The van der Waals surface area contributed by atoms with E-state index in [4.69, 9.17) is 0 Å². The van der Waals surface area contributed by atoms with Gasteiger partial charge < -0.3 is 9.47 Å². The van der Waals surface area contributed by atoms with E-state index in [9.17, 15) is 0 Å². The molecule has 0 amide bonds. The van der Waals surface area contributed by atoms with E-state index in [1.54, 1.807) is 0 Å². The van der Waals surface area contributed by atoms with Crippen LogP contribution in [0.4, 0.5) is 17.1 Å². The molecule has 12 aromatic rings. The Morgan fingerprint density at radius 1 is 0.267 bits per heavy atom. The molecule has 0 aliphatic carbocycles. The predicted octanol–water partition coefficient (Wildman–Crippen LogP) is 16.2. The van der Waals surface area contributed by atoms with E-state index in [2.05, 4.69) is 240 Å². The molecule has 2 nitrogen and oxygen atoms in total. The first kappa shape index (κ1) is 34.1. The minimum absolute atomic E-state index is 1.08. The topological polar surface area (TPSA) is 8.17 Å². The molecule has 0 spiro atoms. The van der Waals surface area contributed by atoms with Gasteiger partial charge in [-0.15, -0.1) is 0 Å². The van der Waals surface area contributed by atoms with Crippen molar-refractivity contribution in [3.63, 3.8) is 0 Å². The second-order valence-electron chi connectivity index (χ2n) is 15.7. The van der Waals surface area contributed by atoms with E-state index in [0.29, 0.717) is 0 Å². The van der Waals surface area contributed by atoms with E-state index < -0.39 is 0 Å². The van der Waals surface area contributed by atoms with Gasteiger partial charge in [0.2, 0.25) is 0 Å². The van der Waals surface area contributed by atoms with E-state index >= 15 is 0 Å². The van der Waals surface area contributed by atoms with Crippen molar-refractivity contribution in [1.29, 1.82) is 0 Å². The molecule has 280 valence electrons. The molecule has 60 heavy (non-hydrogen) atoms. The predicted molar refractivity (Wildman–Crippen MR) is 256 cm³/mol. The summed E-state index contributed by atoms with van der Waals surface area (Å²) >= 11 is 0. The highest BCUT2D eigenvalue weighted by atomic mass is 15.1. The van der Waals surface area contributed by atoms with Crippen molar-refractivity contribution in [2.24, 2.45) is 0 Å². The maximum absolute atomic E-state index is 2.41. The molecule has 12 rings (SSSR count). The SMILES string of the molecule is c1cc(-c2cc3ccccc3c3ccccc23)cc(N(c2ccc(-n3c4ccccc4c4ccccc43)cc2)c2cccc(-c3cc4ccccc4c4ccccc34)c2)c1. The third-order valence-electron chi connectivity index (χ3n) is 12.3. The van der Waals surface area contributed by atoms with Crippen LogP contribution in [0.3, 0.4) is 0 Å². The average Bonchev–Trinajstić information content (AvgIpc) is 3.66. The zero-order chi connectivity index (χ0) is 39.6. The lowest BCUT2D eigenvalue weighted by Gasteiger charge is -2.27. The van der Waals surface area contributed by atoms with Gasteiger partial charge in [-0.3, -0.25) is 0 Å². The maximum Gasteiger partial charge on any atom is 0.0541 e. The monoisotopic (exact) mass is 762 g/mol. The molecule has 0 bridgehead atoms. The number of benzene rings is 11. The summed E-state index contributed by atoms with van der Waals surface area (Å²) in [5.41, 5.74) is 11.6. The molecule has 0 aliphatic heterocycles. The maximum atomic E-state index is 2.41. The van der Waals surface area contributed by atoms with Crippen molar-refractivity contribution in [2.45, 2.75) is 0 Å². The lowest BCUT2D eigenvalue weighted by Crippen LogP contribution is -2.10. The molecule has 0 atom stereocenters. The Kier molecular flexibility index (Phi) is 7.89. The number of rotatable bonds is 6. The largest absolute Gasteiger partial charge is 0.310 e. The van der Waals surface area contributed by atoms with Gasteiger partial charge in [0, 0.05) is 33.5 Å². The van der Waals surface area contributed by atoms with Crippen molar-refractivity contribution in [1.82, 2.24) is 4.57 Å². The minimum atomic E-state index is 1.08. The zero-order valence-electron chi connectivity index (χ0n) is 32.8. The Bertz CT molecular complexity index is 3400. The quantitative estimate of drug-likeness (QED) is 0.153. The lowest BCUT2D eigenvalue weighted by atomic mass is 9.92. The van der Waals surface area contributed by atoms with E-state index in [-0.39, 0.29) is 0 Å². The molecule has 11 aromatic carbocycles. The zero-order valence-corrected chi connectivity index (χ0v) is 32.8. The highest BCUT2D eigenvalue weighted by Crippen LogP contribution is 2.43. The van der Waals surface area contributed by atoms with Crippen molar-refractivity contribution in [2.75, 3.05) is 4.90 Å². The van der Waals surface area contributed by atoms with Crippen LogP contribution in [0.15, 0.2) is 231 Å². The van der Waals surface area contributed by atoms with Gasteiger partial charge in [0.1, 0.15) is 0 Å². The van der Waals surface area contributed by atoms with Gasteiger partial charge in [-0.2, -0.15) is 0 Å². The van der Waals surface area contributed by atoms with Crippen LogP contribution in [0, 0.1) is 0 Å². The van der Waals surface area contributed by atoms with Gasteiger partial charge in [-0.25, -0.2) is 0 Å². The van der Waals surface area contributed by atoms with Crippen LogP contribution < -0.4 is 4.90 Å². The summed E-state index contributed by atoms with van der Waals surface area (Å²) < 4.78 is 2.38. The van der Waals surface area contributed by atoms with E-state index in [0.717, 1.165) is 22.7 Å². The Balaban J connectivity index is 1.05. The van der Waals surface area contributed by atoms with Crippen LogP contribution in [0.2, 0.25) is 0 Å². The third kappa shape index (κ3) is 5.50. The molecule has 0 radical (unpaired) electrons. The summed E-state index contributed by atoms with van der Waals surface area (Å²) in [5.74, 6) is 0. The summed E-state index contributed by atoms with van der Waals surface area (Å²) in [6.45, 7) is 0. The Hall–Kier alpha value is -7.94. The van der Waals surface area contributed by atoms with Gasteiger partial charge in [-0.1, -0.05) is 158 Å². The fourth-order valence-corrected chi connectivity index (χ4v) is 9.61. The molecular weight excluding hydrogens is 725 g/mol. The molecule has 0 saturated heterocycles. The summed E-state index contributed by atoms with van der Waals surface area (Å²) in [7, 11) is 0. The number of para-hydroxylation sites is 2. The summed E-state index contributed by atoms with van der Waals surface area (Å²) in [6.07, 6.45) is 0. The van der Waals surface area contributed by atoms with E-state index in [1.807, 2.05) is 0 Å². The second-order valence-corrected chi connectivity index (χ2v) is 15.7. The fraction of sp³-hybridized carbons (Fsp3) is 0. The third-order valence-corrected chi connectivity index (χ3v) is 12.3. The summed E-state index contributed by atoms with van der Waals surface area (Å²) in [6, 6.07) is 84.3. The molecule has 0 saturated carbocycles. The van der Waals surface area contributed by atoms with Crippen molar-refractivity contribution < 1.29 is 0 Å². The van der Waals surface area contributed by atoms with Gasteiger partial charge in [0.05, 0.1) is 11.0 Å². The number of hydrogen-bond donors (Lipinski definition) is 0. The first-order valence-electron chi connectivity index (χ1n) is 20.7. The molecule has 0 aliphatic rings.